The van der Waals surface area contributed by atoms with Crippen molar-refractivity contribution < 1.29 is 13.7 Å². The third-order valence-corrected chi connectivity index (χ3v) is 3.75. The van der Waals surface area contributed by atoms with Gasteiger partial charge in [-0.25, -0.2) is 4.39 Å². The number of benzene rings is 1. The average molecular weight is 291 g/mol. The van der Waals surface area contributed by atoms with E-state index in [0.717, 1.165) is 25.8 Å². The quantitative estimate of drug-likeness (QED) is 0.938. The first-order chi connectivity index (χ1) is 10.2. The van der Waals surface area contributed by atoms with E-state index < -0.39 is 5.82 Å². The van der Waals surface area contributed by atoms with Gasteiger partial charge in [0, 0.05) is 0 Å². The molecule has 1 atom stereocenters. The van der Waals surface area contributed by atoms with E-state index in [0.29, 0.717) is 11.7 Å². The highest BCUT2D eigenvalue weighted by molar-refractivity contribution is 5.23. The van der Waals surface area contributed by atoms with Crippen LogP contribution >= 0.6 is 0 Å². The highest BCUT2D eigenvalue weighted by Crippen LogP contribution is 2.28. The lowest BCUT2D eigenvalue weighted by Crippen LogP contribution is -2.43. The molecule has 0 spiro atoms. The number of hydrogen-bond donors (Lipinski definition) is 1. The van der Waals surface area contributed by atoms with Crippen molar-refractivity contribution in [1.29, 1.82) is 0 Å². The molecule has 112 valence electrons. The zero-order valence-corrected chi connectivity index (χ0v) is 11.9. The summed E-state index contributed by atoms with van der Waals surface area (Å²) in [5.41, 5.74) is -0.276. The maximum absolute atomic E-state index is 13.5. The van der Waals surface area contributed by atoms with Gasteiger partial charge in [0.1, 0.15) is 0 Å². The van der Waals surface area contributed by atoms with Crippen molar-refractivity contribution >= 4 is 0 Å². The van der Waals surface area contributed by atoms with Gasteiger partial charge in [-0.15, -0.1) is 0 Å². The second-order valence-corrected chi connectivity index (χ2v) is 5.45. The lowest BCUT2D eigenvalue weighted by atomic mass is 9.91. The van der Waals surface area contributed by atoms with E-state index in [2.05, 4.69) is 22.4 Å². The van der Waals surface area contributed by atoms with Crippen LogP contribution < -0.4 is 10.1 Å². The van der Waals surface area contributed by atoms with Crippen molar-refractivity contribution in [2.24, 2.45) is 0 Å². The molecule has 1 aromatic carbocycles. The van der Waals surface area contributed by atoms with Crippen LogP contribution in [0.5, 0.6) is 5.75 Å². The molecule has 3 rings (SSSR count). The Kier molecular flexibility index (Phi) is 3.88. The van der Waals surface area contributed by atoms with Gasteiger partial charge in [0.15, 0.2) is 18.2 Å². The fourth-order valence-corrected chi connectivity index (χ4v) is 2.48. The van der Waals surface area contributed by atoms with Crippen LogP contribution in [0, 0.1) is 5.82 Å². The molecule has 6 heteroatoms. The first-order valence-corrected chi connectivity index (χ1v) is 7.13. The number of ether oxygens (including phenoxy) is 1. The minimum Gasteiger partial charge on any atom is -0.482 e. The van der Waals surface area contributed by atoms with Crippen LogP contribution in [0.15, 0.2) is 28.8 Å². The molecule has 1 aliphatic rings. The Morgan fingerprint density at radius 3 is 3.00 bits per heavy atom. The number of nitrogens with one attached hydrogen (secondary N) is 1. The molecule has 0 saturated carbocycles. The summed E-state index contributed by atoms with van der Waals surface area (Å²) in [7, 11) is 0. The lowest BCUT2D eigenvalue weighted by Gasteiger charge is -2.31. The minimum absolute atomic E-state index is 0.0838. The molecule has 2 heterocycles. The summed E-state index contributed by atoms with van der Waals surface area (Å²) in [6.07, 6.45) is 3.25. The molecule has 5 nitrogen and oxygen atoms in total. The third kappa shape index (κ3) is 3.05. The number of rotatable bonds is 4. The highest BCUT2D eigenvalue weighted by atomic mass is 19.1. The van der Waals surface area contributed by atoms with E-state index in [1.165, 1.54) is 6.07 Å². The molecule has 0 radical (unpaired) electrons. The predicted octanol–water partition coefficient (Wildman–Crippen LogP) is 2.78. The summed E-state index contributed by atoms with van der Waals surface area (Å²) >= 11 is 0. The summed E-state index contributed by atoms with van der Waals surface area (Å²) in [4.78, 5) is 4.36. The van der Waals surface area contributed by atoms with Gasteiger partial charge >= 0.3 is 0 Å². The van der Waals surface area contributed by atoms with E-state index in [1.807, 2.05) is 0 Å². The predicted molar refractivity (Wildman–Crippen MR) is 74.2 cm³/mol. The maximum Gasteiger partial charge on any atom is 0.246 e. The lowest BCUT2D eigenvalue weighted by molar-refractivity contribution is 0.205. The molecule has 0 bridgehead atoms. The van der Waals surface area contributed by atoms with Crippen LogP contribution in [0.25, 0.3) is 0 Å². The van der Waals surface area contributed by atoms with Crippen molar-refractivity contribution in [2.45, 2.75) is 38.3 Å². The summed E-state index contributed by atoms with van der Waals surface area (Å²) < 4.78 is 24.2. The van der Waals surface area contributed by atoms with Gasteiger partial charge < -0.3 is 14.6 Å². The van der Waals surface area contributed by atoms with Crippen LogP contribution in [0.1, 0.15) is 37.9 Å². The number of para-hydroxylation sites is 1. The number of halogens is 1. The average Bonchev–Trinajstić information content (AvgIpc) is 2.97. The van der Waals surface area contributed by atoms with Gasteiger partial charge in [-0.2, -0.15) is 4.98 Å². The summed E-state index contributed by atoms with van der Waals surface area (Å²) in [6.45, 7) is 3.08. The second-order valence-electron chi connectivity index (χ2n) is 5.45. The van der Waals surface area contributed by atoms with Crippen molar-refractivity contribution in [3.63, 3.8) is 0 Å². The SMILES string of the molecule is CC1(c2nc(COc3ccccc3F)no2)CCCCN1. The molecule has 1 aliphatic heterocycles. The molecule has 0 aliphatic carbocycles. The molecule has 21 heavy (non-hydrogen) atoms. The van der Waals surface area contributed by atoms with E-state index in [9.17, 15) is 4.39 Å². The van der Waals surface area contributed by atoms with Crippen LogP contribution in [0.2, 0.25) is 0 Å². The van der Waals surface area contributed by atoms with Crippen LogP contribution in [-0.2, 0) is 12.1 Å². The van der Waals surface area contributed by atoms with Crippen LogP contribution in [0.4, 0.5) is 4.39 Å². The first kappa shape index (κ1) is 14.0. The van der Waals surface area contributed by atoms with Crippen LogP contribution in [0.3, 0.4) is 0 Å². The normalized spacial score (nSPS) is 22.2. The van der Waals surface area contributed by atoms with Crippen molar-refractivity contribution in [1.82, 2.24) is 15.5 Å². The Hall–Kier alpha value is -1.95. The van der Waals surface area contributed by atoms with E-state index >= 15 is 0 Å². The fraction of sp³-hybridized carbons (Fsp3) is 0.467. The van der Waals surface area contributed by atoms with Gasteiger partial charge in [0.25, 0.3) is 0 Å². The molecule has 1 N–H and O–H groups in total. The molecule has 1 aromatic heterocycles. The van der Waals surface area contributed by atoms with Gasteiger partial charge in [0.2, 0.25) is 11.7 Å². The Labute approximate surface area is 122 Å². The van der Waals surface area contributed by atoms with E-state index in [-0.39, 0.29) is 17.9 Å². The summed E-state index contributed by atoms with van der Waals surface area (Å²) in [5.74, 6) is 0.768. The summed E-state index contributed by atoms with van der Waals surface area (Å²) in [6, 6.07) is 6.25. The van der Waals surface area contributed by atoms with Gasteiger partial charge in [-0.1, -0.05) is 17.3 Å². The zero-order chi connectivity index (χ0) is 14.7. The Morgan fingerprint density at radius 1 is 1.38 bits per heavy atom. The maximum atomic E-state index is 13.5. The minimum atomic E-state index is -0.401. The monoisotopic (exact) mass is 291 g/mol. The molecule has 0 amide bonds. The molecule has 1 fully saturated rings. The van der Waals surface area contributed by atoms with Gasteiger partial charge in [-0.3, -0.25) is 0 Å². The van der Waals surface area contributed by atoms with Crippen LogP contribution in [-0.4, -0.2) is 16.7 Å². The van der Waals surface area contributed by atoms with Gasteiger partial charge in [-0.05, 0) is 44.9 Å². The number of piperidine rings is 1. The largest absolute Gasteiger partial charge is 0.482 e. The fourth-order valence-electron chi connectivity index (χ4n) is 2.48. The highest BCUT2D eigenvalue weighted by Gasteiger charge is 2.34. The Balaban J connectivity index is 1.67. The van der Waals surface area contributed by atoms with Crippen molar-refractivity contribution in [3.05, 3.63) is 41.8 Å². The molecule has 1 unspecified atom stereocenters. The standard InChI is InChI=1S/C15H18FN3O2/c1-15(8-4-5-9-17-15)14-18-13(19-21-14)10-20-12-7-3-2-6-11(12)16/h2-3,6-7,17H,4-5,8-10H2,1H3. The Bertz CT molecular complexity index is 608. The Morgan fingerprint density at radius 2 is 2.24 bits per heavy atom. The van der Waals surface area contributed by atoms with Crippen molar-refractivity contribution in [3.8, 4) is 5.75 Å². The smallest absolute Gasteiger partial charge is 0.246 e. The van der Waals surface area contributed by atoms with Crippen molar-refractivity contribution in [2.75, 3.05) is 6.54 Å². The molecule has 2 aromatic rings. The first-order valence-electron chi connectivity index (χ1n) is 7.13. The summed E-state index contributed by atoms with van der Waals surface area (Å²) in [5, 5.41) is 7.32. The molecular weight excluding hydrogens is 273 g/mol. The number of aromatic nitrogens is 2. The van der Waals surface area contributed by atoms with E-state index in [1.54, 1.807) is 18.2 Å². The topological polar surface area (TPSA) is 60.2 Å². The third-order valence-electron chi connectivity index (χ3n) is 3.75. The number of hydrogen-bond acceptors (Lipinski definition) is 5. The molecule has 1 saturated heterocycles. The van der Waals surface area contributed by atoms with Gasteiger partial charge in [0.05, 0.1) is 5.54 Å². The number of nitrogens with zero attached hydrogens (tertiary/aromatic N) is 2. The van der Waals surface area contributed by atoms with E-state index in [4.69, 9.17) is 9.26 Å². The second kappa shape index (κ2) is 5.81. The zero-order valence-electron chi connectivity index (χ0n) is 11.9. The molecular formula is C15H18FN3O2.